The van der Waals surface area contributed by atoms with Crippen LogP contribution in [0.2, 0.25) is 0 Å². The first-order chi connectivity index (χ1) is 7.27. The van der Waals surface area contributed by atoms with Crippen LogP contribution in [0.25, 0.3) is 0 Å². The van der Waals surface area contributed by atoms with Gasteiger partial charge in [-0.25, -0.2) is 0 Å². The van der Waals surface area contributed by atoms with Crippen molar-refractivity contribution in [1.82, 2.24) is 0 Å². The van der Waals surface area contributed by atoms with Gasteiger partial charge in [0.1, 0.15) is 0 Å². The largest absolute Gasteiger partial charge is 0.388 e. The second-order valence-electron chi connectivity index (χ2n) is 4.22. The van der Waals surface area contributed by atoms with Crippen molar-refractivity contribution < 1.29 is 5.11 Å². The highest BCUT2D eigenvalue weighted by Crippen LogP contribution is 2.27. The Bertz CT molecular complexity index is 243. The molecule has 0 aliphatic carbocycles. The van der Waals surface area contributed by atoms with Gasteiger partial charge in [0.15, 0.2) is 0 Å². The van der Waals surface area contributed by atoms with Gasteiger partial charge in [0.25, 0.3) is 0 Å². The van der Waals surface area contributed by atoms with Crippen molar-refractivity contribution in [2.45, 2.75) is 52.1 Å². The number of hydrogen-bond acceptors (Lipinski definition) is 2. The molecule has 0 saturated carbocycles. The topological polar surface area (TPSA) is 20.2 Å². The number of thiophene rings is 1. The molecule has 0 aromatic carbocycles. The zero-order valence-electron chi connectivity index (χ0n) is 9.78. The Morgan fingerprint density at radius 3 is 2.73 bits per heavy atom. The zero-order chi connectivity index (χ0) is 11.1. The molecule has 0 saturated heterocycles. The Morgan fingerprint density at radius 1 is 1.40 bits per heavy atom. The lowest BCUT2D eigenvalue weighted by Crippen LogP contribution is -2.06. The average Bonchev–Trinajstić information content (AvgIpc) is 2.77. The summed E-state index contributed by atoms with van der Waals surface area (Å²) in [6.45, 7) is 4.45. The van der Waals surface area contributed by atoms with E-state index in [1.165, 1.54) is 25.7 Å². The standard InChI is InChI=1S/C13H22OS/c1-3-5-6-11(4-2)9-13(14)12-7-8-15-10-12/h7-8,10-11,13-14H,3-6,9H2,1-2H3. The summed E-state index contributed by atoms with van der Waals surface area (Å²) >= 11 is 1.66. The molecule has 15 heavy (non-hydrogen) atoms. The lowest BCUT2D eigenvalue weighted by Gasteiger charge is -2.18. The molecule has 0 aliphatic heterocycles. The molecule has 0 radical (unpaired) electrons. The van der Waals surface area contributed by atoms with Crippen LogP contribution in [0, 0.1) is 5.92 Å². The fraction of sp³-hybridized carbons (Fsp3) is 0.692. The van der Waals surface area contributed by atoms with Crippen molar-refractivity contribution >= 4 is 11.3 Å². The second-order valence-corrected chi connectivity index (χ2v) is 5.00. The molecule has 1 nitrogen and oxygen atoms in total. The van der Waals surface area contributed by atoms with Gasteiger partial charge in [-0.1, -0.05) is 39.5 Å². The maximum atomic E-state index is 10.0. The third-order valence-electron chi connectivity index (χ3n) is 3.03. The van der Waals surface area contributed by atoms with Crippen molar-refractivity contribution in [2.24, 2.45) is 5.92 Å². The molecule has 1 rings (SSSR count). The first kappa shape index (κ1) is 12.7. The van der Waals surface area contributed by atoms with Gasteiger partial charge in [-0.2, -0.15) is 11.3 Å². The third-order valence-corrected chi connectivity index (χ3v) is 3.73. The summed E-state index contributed by atoms with van der Waals surface area (Å²) in [5, 5.41) is 14.1. The van der Waals surface area contributed by atoms with Crippen LogP contribution in [0.15, 0.2) is 16.8 Å². The van der Waals surface area contributed by atoms with Crippen molar-refractivity contribution in [1.29, 1.82) is 0 Å². The van der Waals surface area contributed by atoms with Crippen LogP contribution < -0.4 is 0 Å². The Kier molecular flexibility index (Phi) is 5.96. The van der Waals surface area contributed by atoms with Gasteiger partial charge >= 0.3 is 0 Å². The van der Waals surface area contributed by atoms with E-state index in [0.717, 1.165) is 12.0 Å². The molecule has 0 fully saturated rings. The molecule has 1 aromatic heterocycles. The van der Waals surface area contributed by atoms with Crippen molar-refractivity contribution in [3.8, 4) is 0 Å². The maximum Gasteiger partial charge on any atom is 0.0800 e. The number of aliphatic hydroxyl groups is 1. The van der Waals surface area contributed by atoms with Crippen molar-refractivity contribution in [2.75, 3.05) is 0 Å². The summed E-state index contributed by atoms with van der Waals surface area (Å²) in [6.07, 6.45) is 5.65. The van der Waals surface area contributed by atoms with E-state index in [1.807, 2.05) is 11.4 Å². The van der Waals surface area contributed by atoms with Gasteiger partial charge in [0.05, 0.1) is 6.10 Å². The minimum Gasteiger partial charge on any atom is -0.388 e. The fourth-order valence-corrected chi connectivity index (χ4v) is 2.60. The molecular weight excluding hydrogens is 204 g/mol. The Morgan fingerprint density at radius 2 is 2.20 bits per heavy atom. The van der Waals surface area contributed by atoms with Crippen LogP contribution in [-0.4, -0.2) is 5.11 Å². The number of unbranched alkanes of at least 4 members (excludes halogenated alkanes) is 1. The van der Waals surface area contributed by atoms with Gasteiger partial charge in [-0.15, -0.1) is 0 Å². The van der Waals surface area contributed by atoms with E-state index >= 15 is 0 Å². The normalized spacial score (nSPS) is 15.1. The summed E-state index contributed by atoms with van der Waals surface area (Å²) < 4.78 is 0. The minimum absolute atomic E-state index is 0.252. The van der Waals surface area contributed by atoms with E-state index in [-0.39, 0.29) is 6.10 Å². The molecule has 1 aromatic rings. The molecule has 0 aliphatic rings. The Balaban J connectivity index is 2.37. The van der Waals surface area contributed by atoms with E-state index < -0.39 is 0 Å². The molecular formula is C13H22OS. The smallest absolute Gasteiger partial charge is 0.0800 e. The van der Waals surface area contributed by atoms with Gasteiger partial charge in [0, 0.05) is 0 Å². The fourth-order valence-electron chi connectivity index (χ4n) is 1.90. The number of aliphatic hydroxyl groups excluding tert-OH is 1. The SMILES string of the molecule is CCCCC(CC)CC(O)c1ccsc1. The van der Waals surface area contributed by atoms with Crippen LogP contribution in [0.4, 0.5) is 0 Å². The van der Waals surface area contributed by atoms with Gasteiger partial charge in [0.2, 0.25) is 0 Å². The van der Waals surface area contributed by atoms with Crippen LogP contribution in [0.3, 0.4) is 0 Å². The lowest BCUT2D eigenvalue weighted by atomic mass is 9.91. The highest BCUT2D eigenvalue weighted by atomic mass is 32.1. The van der Waals surface area contributed by atoms with Crippen molar-refractivity contribution in [3.63, 3.8) is 0 Å². The predicted molar refractivity (Wildman–Crippen MR) is 67.2 cm³/mol. The van der Waals surface area contributed by atoms with E-state index in [0.29, 0.717) is 5.92 Å². The van der Waals surface area contributed by atoms with E-state index in [2.05, 4.69) is 19.2 Å². The molecule has 0 bridgehead atoms. The number of hydrogen-bond donors (Lipinski definition) is 1. The molecule has 1 N–H and O–H groups in total. The van der Waals surface area contributed by atoms with Crippen LogP contribution >= 0.6 is 11.3 Å². The van der Waals surface area contributed by atoms with Crippen LogP contribution in [-0.2, 0) is 0 Å². The predicted octanol–water partition coefficient (Wildman–Crippen LogP) is 4.39. The number of rotatable bonds is 7. The highest BCUT2D eigenvalue weighted by molar-refractivity contribution is 7.07. The Hall–Kier alpha value is -0.340. The molecule has 1 heterocycles. The van der Waals surface area contributed by atoms with E-state index in [9.17, 15) is 5.11 Å². The van der Waals surface area contributed by atoms with Crippen molar-refractivity contribution in [3.05, 3.63) is 22.4 Å². The summed E-state index contributed by atoms with van der Waals surface area (Å²) in [4.78, 5) is 0. The van der Waals surface area contributed by atoms with E-state index in [4.69, 9.17) is 0 Å². The summed E-state index contributed by atoms with van der Waals surface area (Å²) in [5.74, 6) is 0.680. The zero-order valence-corrected chi connectivity index (χ0v) is 10.6. The third kappa shape index (κ3) is 4.35. The Labute approximate surface area is 97.2 Å². The van der Waals surface area contributed by atoms with Crippen LogP contribution in [0.5, 0.6) is 0 Å². The first-order valence-corrected chi connectivity index (χ1v) is 6.92. The quantitative estimate of drug-likeness (QED) is 0.731. The molecule has 2 unspecified atom stereocenters. The minimum atomic E-state index is -0.252. The maximum absolute atomic E-state index is 10.0. The summed E-state index contributed by atoms with van der Waals surface area (Å²) in [5.41, 5.74) is 1.09. The summed E-state index contributed by atoms with van der Waals surface area (Å²) in [7, 11) is 0. The molecule has 0 amide bonds. The molecule has 86 valence electrons. The molecule has 0 spiro atoms. The van der Waals surface area contributed by atoms with Gasteiger partial charge < -0.3 is 5.11 Å². The van der Waals surface area contributed by atoms with Crippen LogP contribution in [0.1, 0.15) is 57.6 Å². The van der Waals surface area contributed by atoms with Gasteiger partial charge in [-0.3, -0.25) is 0 Å². The highest BCUT2D eigenvalue weighted by Gasteiger charge is 2.14. The van der Waals surface area contributed by atoms with E-state index in [1.54, 1.807) is 11.3 Å². The monoisotopic (exact) mass is 226 g/mol. The summed E-state index contributed by atoms with van der Waals surface area (Å²) in [6, 6.07) is 2.03. The lowest BCUT2D eigenvalue weighted by molar-refractivity contribution is 0.139. The second kappa shape index (κ2) is 7.02. The van der Waals surface area contributed by atoms with Gasteiger partial charge in [-0.05, 0) is 34.7 Å². The average molecular weight is 226 g/mol. The molecule has 2 atom stereocenters. The first-order valence-electron chi connectivity index (χ1n) is 5.98. The molecule has 2 heteroatoms.